The summed E-state index contributed by atoms with van der Waals surface area (Å²) in [6.45, 7) is 9.01. The lowest BCUT2D eigenvalue weighted by Gasteiger charge is -2.45. The number of rotatable bonds is 2. The molecule has 0 aliphatic carbocycles. The fourth-order valence-electron chi connectivity index (χ4n) is 2.86. The van der Waals surface area contributed by atoms with Crippen LogP contribution in [0, 0.1) is 11.8 Å². The molecule has 94 valence electrons. The highest BCUT2D eigenvalue weighted by Gasteiger charge is 2.34. The van der Waals surface area contributed by atoms with Crippen molar-refractivity contribution in [3.8, 4) is 0 Å². The van der Waals surface area contributed by atoms with Crippen molar-refractivity contribution in [3.63, 3.8) is 0 Å². The van der Waals surface area contributed by atoms with Gasteiger partial charge >= 0.3 is 0 Å². The van der Waals surface area contributed by atoms with Crippen molar-refractivity contribution < 1.29 is 0 Å². The molecule has 2 heteroatoms. The highest BCUT2D eigenvalue weighted by atomic mass is 15.2. The summed E-state index contributed by atoms with van der Waals surface area (Å²) in [7, 11) is 0. The maximum absolute atomic E-state index is 6.24. The van der Waals surface area contributed by atoms with Crippen LogP contribution in [0.4, 0.5) is 0 Å². The summed E-state index contributed by atoms with van der Waals surface area (Å²) in [6.07, 6.45) is 0. The zero-order valence-electron chi connectivity index (χ0n) is 11.1. The number of piperidine rings is 1. The normalized spacial score (nSPS) is 34.8. The standard InChI is InChI=1S/C15H24N2/c1-11-9-17(13(3)12(2)15(11)16)10-14-7-5-4-6-8-14/h4-8,11-13,15H,9-10,16H2,1-3H3/t11-,12+,13-,15-/m1/s1. The van der Waals surface area contributed by atoms with Gasteiger partial charge in [-0.1, -0.05) is 44.2 Å². The van der Waals surface area contributed by atoms with E-state index in [1.807, 2.05) is 0 Å². The third kappa shape index (κ3) is 2.70. The Hall–Kier alpha value is -0.860. The Bertz CT molecular complexity index is 349. The van der Waals surface area contributed by atoms with Gasteiger partial charge in [-0.3, -0.25) is 4.90 Å². The first-order valence-corrected chi connectivity index (χ1v) is 6.63. The molecule has 2 rings (SSSR count). The molecule has 1 aliphatic heterocycles. The van der Waals surface area contributed by atoms with Crippen LogP contribution in [-0.4, -0.2) is 23.5 Å². The average molecular weight is 232 g/mol. The van der Waals surface area contributed by atoms with E-state index in [4.69, 9.17) is 5.73 Å². The van der Waals surface area contributed by atoms with Gasteiger partial charge in [0, 0.05) is 25.2 Å². The Morgan fingerprint density at radius 2 is 1.82 bits per heavy atom. The van der Waals surface area contributed by atoms with E-state index in [1.165, 1.54) is 5.56 Å². The van der Waals surface area contributed by atoms with Gasteiger partial charge in [0.15, 0.2) is 0 Å². The molecule has 1 fully saturated rings. The average Bonchev–Trinajstić information content (AvgIpc) is 2.35. The van der Waals surface area contributed by atoms with Crippen LogP contribution in [0.25, 0.3) is 0 Å². The summed E-state index contributed by atoms with van der Waals surface area (Å²) in [4.78, 5) is 2.56. The minimum Gasteiger partial charge on any atom is -0.327 e. The molecular weight excluding hydrogens is 208 g/mol. The number of nitrogens with two attached hydrogens (primary N) is 1. The molecule has 4 atom stereocenters. The van der Waals surface area contributed by atoms with Gasteiger partial charge < -0.3 is 5.73 Å². The molecule has 0 unspecified atom stereocenters. The minimum atomic E-state index is 0.344. The molecule has 1 aromatic carbocycles. The lowest BCUT2D eigenvalue weighted by atomic mass is 9.81. The quantitative estimate of drug-likeness (QED) is 0.849. The fourth-order valence-corrected chi connectivity index (χ4v) is 2.86. The second-order valence-corrected chi connectivity index (χ2v) is 5.57. The highest BCUT2D eigenvalue weighted by molar-refractivity contribution is 5.15. The van der Waals surface area contributed by atoms with Crippen LogP contribution in [0.5, 0.6) is 0 Å². The van der Waals surface area contributed by atoms with Crippen LogP contribution in [-0.2, 0) is 6.54 Å². The Morgan fingerprint density at radius 1 is 1.18 bits per heavy atom. The molecule has 0 radical (unpaired) electrons. The maximum Gasteiger partial charge on any atom is 0.0236 e. The maximum atomic E-state index is 6.24. The van der Waals surface area contributed by atoms with Crippen molar-refractivity contribution in [1.29, 1.82) is 0 Å². The molecule has 0 saturated carbocycles. The third-order valence-corrected chi connectivity index (χ3v) is 4.35. The molecule has 1 heterocycles. The first-order chi connectivity index (χ1) is 8.09. The van der Waals surface area contributed by atoms with Gasteiger partial charge in [0.25, 0.3) is 0 Å². The summed E-state index contributed by atoms with van der Waals surface area (Å²) in [6, 6.07) is 11.6. The second kappa shape index (κ2) is 5.19. The molecule has 0 bridgehead atoms. The summed E-state index contributed by atoms with van der Waals surface area (Å²) < 4.78 is 0. The van der Waals surface area contributed by atoms with Gasteiger partial charge in [-0.05, 0) is 24.3 Å². The molecule has 0 amide bonds. The van der Waals surface area contributed by atoms with Gasteiger partial charge in [0.2, 0.25) is 0 Å². The SMILES string of the molecule is C[C@@H]1[C@H](N)[C@H](C)CN(Cc2ccccc2)[C@@H]1C. The van der Waals surface area contributed by atoms with Gasteiger partial charge in [-0.25, -0.2) is 0 Å². The van der Waals surface area contributed by atoms with E-state index in [-0.39, 0.29) is 0 Å². The van der Waals surface area contributed by atoms with E-state index >= 15 is 0 Å². The van der Waals surface area contributed by atoms with Crippen LogP contribution in [0.3, 0.4) is 0 Å². The van der Waals surface area contributed by atoms with E-state index in [0.717, 1.165) is 13.1 Å². The summed E-state index contributed by atoms with van der Waals surface area (Å²) in [5.74, 6) is 1.16. The minimum absolute atomic E-state index is 0.344. The monoisotopic (exact) mass is 232 g/mol. The fraction of sp³-hybridized carbons (Fsp3) is 0.600. The van der Waals surface area contributed by atoms with Crippen LogP contribution < -0.4 is 5.73 Å². The van der Waals surface area contributed by atoms with Gasteiger partial charge in [-0.2, -0.15) is 0 Å². The van der Waals surface area contributed by atoms with Gasteiger partial charge in [0.1, 0.15) is 0 Å². The molecule has 2 nitrogen and oxygen atoms in total. The van der Waals surface area contributed by atoms with Crippen molar-refractivity contribution >= 4 is 0 Å². The molecule has 1 saturated heterocycles. The van der Waals surface area contributed by atoms with Crippen LogP contribution in [0.2, 0.25) is 0 Å². The van der Waals surface area contributed by atoms with Crippen LogP contribution >= 0.6 is 0 Å². The second-order valence-electron chi connectivity index (χ2n) is 5.57. The predicted molar refractivity (Wildman–Crippen MR) is 72.6 cm³/mol. The lowest BCUT2D eigenvalue weighted by molar-refractivity contribution is 0.0553. The van der Waals surface area contributed by atoms with Gasteiger partial charge in [-0.15, -0.1) is 0 Å². The number of benzene rings is 1. The summed E-state index contributed by atoms with van der Waals surface area (Å²) in [5, 5.41) is 0. The zero-order valence-corrected chi connectivity index (χ0v) is 11.1. The van der Waals surface area contributed by atoms with Crippen LogP contribution in [0.1, 0.15) is 26.3 Å². The molecular formula is C15H24N2. The van der Waals surface area contributed by atoms with E-state index < -0.39 is 0 Å². The van der Waals surface area contributed by atoms with E-state index in [9.17, 15) is 0 Å². The Kier molecular flexibility index (Phi) is 3.85. The first-order valence-electron chi connectivity index (χ1n) is 6.63. The van der Waals surface area contributed by atoms with Crippen LogP contribution in [0.15, 0.2) is 30.3 Å². The highest BCUT2D eigenvalue weighted by Crippen LogP contribution is 2.27. The van der Waals surface area contributed by atoms with E-state index in [1.54, 1.807) is 0 Å². The van der Waals surface area contributed by atoms with Crippen molar-refractivity contribution in [1.82, 2.24) is 4.90 Å². The van der Waals surface area contributed by atoms with Crippen molar-refractivity contribution in [2.24, 2.45) is 17.6 Å². The molecule has 0 aromatic heterocycles. The number of likely N-dealkylation sites (tertiary alicyclic amines) is 1. The summed E-state index contributed by atoms with van der Waals surface area (Å²) in [5.41, 5.74) is 7.64. The van der Waals surface area contributed by atoms with Crippen molar-refractivity contribution in [3.05, 3.63) is 35.9 Å². The zero-order chi connectivity index (χ0) is 12.4. The summed E-state index contributed by atoms with van der Waals surface area (Å²) >= 11 is 0. The number of hydrogen-bond donors (Lipinski definition) is 1. The van der Waals surface area contributed by atoms with Crippen molar-refractivity contribution in [2.75, 3.05) is 6.54 Å². The lowest BCUT2D eigenvalue weighted by Crippen LogP contribution is -2.55. The predicted octanol–water partition coefficient (Wildman–Crippen LogP) is 2.49. The largest absolute Gasteiger partial charge is 0.327 e. The van der Waals surface area contributed by atoms with Gasteiger partial charge in [0.05, 0.1) is 0 Å². The van der Waals surface area contributed by atoms with Crippen molar-refractivity contribution in [2.45, 2.75) is 39.4 Å². The Balaban J connectivity index is 2.06. The smallest absolute Gasteiger partial charge is 0.0236 e. The molecule has 0 spiro atoms. The Labute approximate surface area is 105 Å². The molecule has 2 N–H and O–H groups in total. The molecule has 17 heavy (non-hydrogen) atoms. The third-order valence-electron chi connectivity index (χ3n) is 4.35. The van der Waals surface area contributed by atoms with E-state index in [0.29, 0.717) is 23.9 Å². The number of nitrogens with zero attached hydrogens (tertiary/aromatic N) is 1. The molecule has 1 aliphatic rings. The number of hydrogen-bond acceptors (Lipinski definition) is 2. The molecule has 1 aromatic rings. The van der Waals surface area contributed by atoms with E-state index in [2.05, 4.69) is 56.0 Å². The topological polar surface area (TPSA) is 29.3 Å². The first kappa shape index (κ1) is 12.6. The Morgan fingerprint density at radius 3 is 2.47 bits per heavy atom.